The van der Waals surface area contributed by atoms with E-state index in [0.29, 0.717) is 0 Å². The maximum absolute atomic E-state index is 12.3. The summed E-state index contributed by atoms with van der Waals surface area (Å²) in [7, 11) is -0.938. The van der Waals surface area contributed by atoms with Gasteiger partial charge in [0.15, 0.2) is 0 Å². The molecular formula is C12H14ClN3O3S. The molecular weight excluding hydrogens is 302 g/mol. The minimum atomic E-state index is -3.79. The zero-order valence-electron chi connectivity index (χ0n) is 11.1. The van der Waals surface area contributed by atoms with Gasteiger partial charge >= 0.3 is 0 Å². The molecule has 1 aromatic carbocycles. The number of carbonyl (C=O) groups excluding carboxylic acids is 1. The summed E-state index contributed by atoms with van der Waals surface area (Å²) in [4.78, 5) is 11.0. The lowest BCUT2D eigenvalue weighted by Crippen LogP contribution is -2.31. The molecule has 1 amide bonds. The van der Waals surface area contributed by atoms with E-state index in [-0.39, 0.29) is 34.4 Å². The minimum absolute atomic E-state index is 0.0177. The average Bonchev–Trinajstić information content (AvgIpc) is 2.43. The molecule has 0 aliphatic carbocycles. The van der Waals surface area contributed by atoms with Gasteiger partial charge in [-0.25, -0.2) is 12.7 Å². The molecule has 0 atom stereocenters. The Bertz CT molecular complexity index is 652. The predicted molar refractivity (Wildman–Crippen MR) is 74.7 cm³/mol. The van der Waals surface area contributed by atoms with Crippen LogP contribution in [0, 0.1) is 11.3 Å². The fraction of sp³-hybridized carbons (Fsp3) is 0.333. The Morgan fingerprint density at radius 2 is 2.15 bits per heavy atom. The fourth-order valence-electron chi connectivity index (χ4n) is 1.45. The first kappa shape index (κ1) is 16.4. The molecule has 1 N–H and O–H groups in total. The molecule has 0 aliphatic rings. The molecule has 8 heteroatoms. The number of sulfonamides is 1. The van der Waals surface area contributed by atoms with Crippen molar-refractivity contribution in [3.8, 4) is 6.07 Å². The van der Waals surface area contributed by atoms with E-state index in [9.17, 15) is 13.2 Å². The molecule has 0 unspecified atom stereocenters. The van der Waals surface area contributed by atoms with Gasteiger partial charge in [0, 0.05) is 27.1 Å². The van der Waals surface area contributed by atoms with Crippen molar-refractivity contribution in [1.29, 1.82) is 5.26 Å². The third kappa shape index (κ3) is 3.70. The van der Waals surface area contributed by atoms with Gasteiger partial charge in [-0.1, -0.05) is 11.6 Å². The van der Waals surface area contributed by atoms with Gasteiger partial charge in [-0.05, 0) is 18.2 Å². The Morgan fingerprint density at radius 1 is 1.50 bits per heavy atom. The summed E-state index contributed by atoms with van der Waals surface area (Å²) >= 11 is 5.89. The Balaban J connectivity index is 2.99. The topological polar surface area (TPSA) is 90.3 Å². The average molecular weight is 316 g/mol. The molecule has 1 aromatic rings. The van der Waals surface area contributed by atoms with Crippen LogP contribution in [0.4, 0.5) is 0 Å². The third-order valence-corrected chi connectivity index (χ3v) is 5.02. The summed E-state index contributed by atoms with van der Waals surface area (Å²) in [5, 5.41) is 11.1. The van der Waals surface area contributed by atoms with Crippen LogP contribution in [0.1, 0.15) is 12.0 Å². The third-order valence-electron chi connectivity index (χ3n) is 2.68. The molecule has 0 heterocycles. The van der Waals surface area contributed by atoms with Crippen LogP contribution in [-0.2, 0) is 14.8 Å². The van der Waals surface area contributed by atoms with Crippen LogP contribution < -0.4 is 5.32 Å². The number of nitriles is 1. The van der Waals surface area contributed by atoms with Gasteiger partial charge in [0.1, 0.15) is 4.90 Å². The van der Waals surface area contributed by atoms with Crippen molar-refractivity contribution in [2.24, 2.45) is 0 Å². The van der Waals surface area contributed by atoms with E-state index in [1.165, 1.54) is 32.3 Å². The van der Waals surface area contributed by atoms with Gasteiger partial charge in [0.2, 0.25) is 15.9 Å². The van der Waals surface area contributed by atoms with Crippen molar-refractivity contribution in [3.63, 3.8) is 0 Å². The molecule has 0 radical (unpaired) electrons. The molecule has 0 spiro atoms. The van der Waals surface area contributed by atoms with Crippen LogP contribution in [0.5, 0.6) is 0 Å². The number of rotatable bonds is 5. The van der Waals surface area contributed by atoms with Crippen LogP contribution in [0.2, 0.25) is 5.02 Å². The normalized spacial score (nSPS) is 11.2. The van der Waals surface area contributed by atoms with Crippen molar-refractivity contribution >= 4 is 27.5 Å². The zero-order chi connectivity index (χ0) is 15.3. The summed E-state index contributed by atoms with van der Waals surface area (Å²) in [5.41, 5.74) is 0.280. The second-order valence-electron chi connectivity index (χ2n) is 4.01. The first-order valence-electron chi connectivity index (χ1n) is 5.69. The van der Waals surface area contributed by atoms with Crippen molar-refractivity contribution in [2.45, 2.75) is 11.3 Å². The highest BCUT2D eigenvalue weighted by atomic mass is 35.5. The maximum Gasteiger partial charge on any atom is 0.244 e. The lowest BCUT2D eigenvalue weighted by Gasteiger charge is -2.17. The molecule has 108 valence electrons. The lowest BCUT2D eigenvalue weighted by molar-refractivity contribution is -0.120. The van der Waals surface area contributed by atoms with E-state index in [0.717, 1.165) is 4.31 Å². The monoisotopic (exact) mass is 315 g/mol. The van der Waals surface area contributed by atoms with Gasteiger partial charge in [-0.2, -0.15) is 5.26 Å². The van der Waals surface area contributed by atoms with Crippen LogP contribution >= 0.6 is 11.6 Å². The molecule has 0 aromatic heterocycles. The first-order valence-corrected chi connectivity index (χ1v) is 7.51. The molecule has 0 saturated heterocycles. The Labute approximate surface area is 123 Å². The largest absolute Gasteiger partial charge is 0.359 e. The highest BCUT2D eigenvalue weighted by molar-refractivity contribution is 7.89. The second-order valence-corrected chi connectivity index (χ2v) is 6.43. The Morgan fingerprint density at radius 3 is 2.65 bits per heavy atom. The number of nitrogens with zero attached hydrogens (tertiary/aromatic N) is 2. The Kier molecular flexibility index (Phi) is 5.51. The smallest absolute Gasteiger partial charge is 0.244 e. The number of hydrogen-bond acceptors (Lipinski definition) is 4. The number of hydrogen-bond donors (Lipinski definition) is 1. The van der Waals surface area contributed by atoms with Crippen LogP contribution in [0.15, 0.2) is 23.1 Å². The van der Waals surface area contributed by atoms with E-state index < -0.39 is 10.0 Å². The van der Waals surface area contributed by atoms with Gasteiger partial charge < -0.3 is 5.32 Å². The molecule has 0 fully saturated rings. The van der Waals surface area contributed by atoms with Crippen molar-refractivity contribution in [3.05, 3.63) is 28.8 Å². The van der Waals surface area contributed by atoms with E-state index in [1.54, 1.807) is 0 Å². The van der Waals surface area contributed by atoms with Crippen molar-refractivity contribution in [1.82, 2.24) is 9.62 Å². The quantitative estimate of drug-likeness (QED) is 0.876. The Hall–Kier alpha value is -1.62. The van der Waals surface area contributed by atoms with E-state index in [2.05, 4.69) is 5.32 Å². The molecule has 1 rings (SSSR count). The van der Waals surface area contributed by atoms with E-state index in [4.69, 9.17) is 16.9 Å². The maximum atomic E-state index is 12.3. The molecule has 0 saturated carbocycles. The standard InChI is InChI=1S/C12H14ClN3O3S/c1-15-12(17)5-6-16(2)20(18,19)11-4-3-9(8-14)7-10(11)13/h3-4,7H,5-6H2,1-2H3,(H,15,17). The summed E-state index contributed by atoms with van der Waals surface area (Å²) in [5.74, 6) is -0.252. The minimum Gasteiger partial charge on any atom is -0.359 e. The SMILES string of the molecule is CNC(=O)CCN(C)S(=O)(=O)c1ccc(C#N)cc1Cl. The van der Waals surface area contributed by atoms with Gasteiger partial charge in [-0.3, -0.25) is 4.79 Å². The molecule has 0 bridgehead atoms. The number of carbonyl (C=O) groups is 1. The summed E-state index contributed by atoms with van der Waals surface area (Å²) < 4.78 is 25.6. The lowest BCUT2D eigenvalue weighted by atomic mass is 10.2. The summed E-state index contributed by atoms with van der Waals surface area (Å²) in [6.07, 6.45) is 0.0557. The molecule has 20 heavy (non-hydrogen) atoms. The number of nitrogens with one attached hydrogen (secondary N) is 1. The highest BCUT2D eigenvalue weighted by Gasteiger charge is 2.24. The zero-order valence-corrected chi connectivity index (χ0v) is 12.6. The van der Waals surface area contributed by atoms with E-state index >= 15 is 0 Å². The summed E-state index contributed by atoms with van der Waals surface area (Å²) in [6.45, 7) is 0.0400. The number of amides is 1. The molecule has 6 nitrogen and oxygen atoms in total. The molecule has 0 aliphatic heterocycles. The fourth-order valence-corrected chi connectivity index (χ4v) is 3.14. The van der Waals surface area contributed by atoms with Gasteiger partial charge in [0.05, 0.1) is 16.7 Å². The first-order chi connectivity index (χ1) is 9.32. The highest BCUT2D eigenvalue weighted by Crippen LogP contribution is 2.25. The van der Waals surface area contributed by atoms with Gasteiger partial charge in [0.25, 0.3) is 0 Å². The van der Waals surface area contributed by atoms with Crippen molar-refractivity contribution in [2.75, 3.05) is 20.6 Å². The number of halogens is 1. The van der Waals surface area contributed by atoms with Crippen molar-refractivity contribution < 1.29 is 13.2 Å². The predicted octanol–water partition coefficient (Wildman–Crippen LogP) is 0.968. The number of benzene rings is 1. The van der Waals surface area contributed by atoms with Gasteiger partial charge in [-0.15, -0.1) is 0 Å². The summed E-state index contributed by atoms with van der Waals surface area (Å²) in [6, 6.07) is 5.83. The van der Waals surface area contributed by atoms with E-state index in [1.807, 2.05) is 6.07 Å². The van der Waals surface area contributed by atoms with Crippen LogP contribution in [-0.4, -0.2) is 39.3 Å². The van der Waals surface area contributed by atoms with Crippen LogP contribution in [0.3, 0.4) is 0 Å². The van der Waals surface area contributed by atoms with Crippen LogP contribution in [0.25, 0.3) is 0 Å². The second kappa shape index (κ2) is 6.70.